The first kappa shape index (κ1) is 19.2. The van der Waals surface area contributed by atoms with E-state index in [9.17, 15) is 4.79 Å². The van der Waals surface area contributed by atoms with Gasteiger partial charge in [0.25, 0.3) is 0 Å². The average molecular weight is 406 g/mol. The summed E-state index contributed by atoms with van der Waals surface area (Å²) in [6, 6.07) is 9.92. The molecular weight excluding hydrogens is 388 g/mol. The number of benzene rings is 1. The highest BCUT2D eigenvalue weighted by molar-refractivity contribution is 5.97. The molecule has 0 aliphatic heterocycles. The molecule has 2 N–H and O–H groups in total. The Morgan fingerprint density at radius 1 is 1.30 bits per heavy atom. The monoisotopic (exact) mass is 406 g/mol. The van der Waals surface area contributed by atoms with Gasteiger partial charge in [0.2, 0.25) is 5.65 Å². The molecule has 0 radical (unpaired) electrons. The van der Waals surface area contributed by atoms with Crippen LogP contribution in [0.3, 0.4) is 0 Å². The Kier molecular flexibility index (Phi) is 5.42. The number of nitrogens with zero attached hydrogens (tertiary/aromatic N) is 7. The summed E-state index contributed by atoms with van der Waals surface area (Å²) in [6.45, 7) is 2.45. The molecule has 0 unspecified atom stereocenters. The van der Waals surface area contributed by atoms with Crippen LogP contribution in [0.25, 0.3) is 22.2 Å². The fourth-order valence-corrected chi connectivity index (χ4v) is 2.83. The molecule has 0 aliphatic rings. The number of oxime groups is 1. The second-order valence-electron chi connectivity index (χ2n) is 6.42. The van der Waals surface area contributed by atoms with Crippen molar-refractivity contribution in [3.63, 3.8) is 0 Å². The zero-order valence-electron chi connectivity index (χ0n) is 16.1. The third-order valence-electron chi connectivity index (χ3n) is 4.27. The van der Waals surface area contributed by atoms with Gasteiger partial charge in [-0.2, -0.15) is 0 Å². The summed E-state index contributed by atoms with van der Waals surface area (Å²) in [6.07, 6.45) is 2.19. The number of nitrogens with one attached hydrogen (secondary N) is 1. The molecule has 3 heterocycles. The average Bonchev–Trinajstić information content (AvgIpc) is 3.15. The number of carbonyl (C=O) groups is 1. The number of pyridine rings is 1. The Bertz CT molecular complexity index is 1240. The largest absolute Gasteiger partial charge is 0.465 e. The first-order valence-electron chi connectivity index (χ1n) is 9.14. The number of hydrogen-bond donors (Lipinski definition) is 2. The molecule has 0 atom stereocenters. The second kappa shape index (κ2) is 8.47. The van der Waals surface area contributed by atoms with Crippen LogP contribution < -0.4 is 5.32 Å². The van der Waals surface area contributed by atoms with Gasteiger partial charge in [-0.05, 0) is 30.7 Å². The van der Waals surface area contributed by atoms with Gasteiger partial charge in [-0.25, -0.2) is 19.4 Å². The van der Waals surface area contributed by atoms with E-state index < -0.39 is 6.09 Å². The van der Waals surface area contributed by atoms with Gasteiger partial charge >= 0.3 is 6.09 Å². The first-order valence-corrected chi connectivity index (χ1v) is 9.14. The van der Waals surface area contributed by atoms with Gasteiger partial charge in [-0.15, -0.1) is 5.10 Å². The fraction of sp³-hybridized carbons (Fsp3) is 0.211. The topological polar surface area (TPSA) is 140 Å². The van der Waals surface area contributed by atoms with Gasteiger partial charge in [0.15, 0.2) is 5.65 Å². The molecule has 0 bridgehead atoms. The van der Waals surface area contributed by atoms with Crippen molar-refractivity contribution in [1.29, 1.82) is 0 Å². The lowest BCUT2D eigenvalue weighted by molar-refractivity contribution is 0.141. The van der Waals surface area contributed by atoms with Crippen molar-refractivity contribution in [3.05, 3.63) is 54.0 Å². The van der Waals surface area contributed by atoms with E-state index in [0.717, 1.165) is 16.5 Å². The molecule has 11 nitrogen and oxygen atoms in total. The van der Waals surface area contributed by atoms with Crippen molar-refractivity contribution in [2.24, 2.45) is 5.16 Å². The molecule has 3 aromatic heterocycles. The zero-order chi connectivity index (χ0) is 20.9. The van der Waals surface area contributed by atoms with E-state index in [1.165, 1.54) is 0 Å². The van der Waals surface area contributed by atoms with Gasteiger partial charge in [0.05, 0.1) is 24.8 Å². The summed E-state index contributed by atoms with van der Waals surface area (Å²) in [7, 11) is 0. The SMILES string of the molecule is CC(=NOCCNC(=O)O)c1cnc2nnn(Cc3ccc4ncccc4c3)c2n1. The normalized spacial score (nSPS) is 11.7. The molecule has 1 amide bonds. The fourth-order valence-electron chi connectivity index (χ4n) is 2.83. The van der Waals surface area contributed by atoms with Crippen molar-refractivity contribution in [2.75, 3.05) is 13.2 Å². The maximum absolute atomic E-state index is 10.4. The van der Waals surface area contributed by atoms with Crippen molar-refractivity contribution in [3.8, 4) is 0 Å². The van der Waals surface area contributed by atoms with E-state index in [1.54, 1.807) is 24.0 Å². The van der Waals surface area contributed by atoms with Crippen LogP contribution >= 0.6 is 0 Å². The van der Waals surface area contributed by atoms with E-state index in [0.29, 0.717) is 29.2 Å². The lowest BCUT2D eigenvalue weighted by Gasteiger charge is -2.05. The van der Waals surface area contributed by atoms with Crippen LogP contribution in [0.1, 0.15) is 18.2 Å². The lowest BCUT2D eigenvalue weighted by Crippen LogP contribution is -2.24. The van der Waals surface area contributed by atoms with Gasteiger partial charge in [0, 0.05) is 11.6 Å². The van der Waals surface area contributed by atoms with Crippen LogP contribution in [-0.4, -0.2) is 60.0 Å². The van der Waals surface area contributed by atoms with Crippen molar-refractivity contribution in [1.82, 2.24) is 35.3 Å². The van der Waals surface area contributed by atoms with Crippen LogP contribution in [0.4, 0.5) is 4.79 Å². The second-order valence-corrected chi connectivity index (χ2v) is 6.42. The van der Waals surface area contributed by atoms with E-state index in [4.69, 9.17) is 9.94 Å². The quantitative estimate of drug-likeness (QED) is 0.269. The van der Waals surface area contributed by atoms with Gasteiger partial charge in [-0.1, -0.05) is 22.5 Å². The molecule has 11 heteroatoms. The van der Waals surface area contributed by atoms with E-state index in [-0.39, 0.29) is 13.2 Å². The summed E-state index contributed by atoms with van der Waals surface area (Å²) >= 11 is 0. The Balaban J connectivity index is 1.52. The predicted octanol–water partition coefficient (Wildman–Crippen LogP) is 1.83. The van der Waals surface area contributed by atoms with Crippen molar-refractivity contribution < 1.29 is 14.7 Å². The molecule has 152 valence electrons. The molecule has 30 heavy (non-hydrogen) atoms. The standard InChI is InChI=1S/C19H18N8O3/c1-12(25-30-8-7-21-19(28)29)16-10-22-17-18(23-16)27(26-24-17)11-13-4-5-15-14(9-13)3-2-6-20-15/h2-6,9-10,21H,7-8,11H2,1H3,(H,28,29). The van der Waals surface area contributed by atoms with Crippen LogP contribution in [0, 0.1) is 0 Å². The van der Waals surface area contributed by atoms with E-state index in [1.807, 2.05) is 24.3 Å². The number of fused-ring (bicyclic) bond motifs is 2. The van der Waals surface area contributed by atoms with Gasteiger partial charge in [0.1, 0.15) is 18.0 Å². The summed E-state index contributed by atoms with van der Waals surface area (Å²) in [5, 5.41) is 24.0. The van der Waals surface area contributed by atoms with E-state index in [2.05, 4.69) is 41.8 Å². The summed E-state index contributed by atoms with van der Waals surface area (Å²) in [4.78, 5) is 28.7. The predicted molar refractivity (Wildman–Crippen MR) is 108 cm³/mol. The van der Waals surface area contributed by atoms with Crippen molar-refractivity contribution >= 4 is 34.0 Å². The number of rotatable bonds is 7. The smallest absolute Gasteiger partial charge is 0.404 e. The molecule has 1 aromatic carbocycles. The lowest BCUT2D eigenvalue weighted by atomic mass is 10.1. The van der Waals surface area contributed by atoms with Gasteiger partial charge in [-0.3, -0.25) is 4.98 Å². The maximum atomic E-state index is 10.4. The number of carboxylic acid groups (broad SMARTS) is 1. The van der Waals surface area contributed by atoms with E-state index >= 15 is 0 Å². The third kappa shape index (κ3) is 4.29. The minimum atomic E-state index is -1.11. The highest BCUT2D eigenvalue weighted by Crippen LogP contribution is 2.15. The number of aromatic nitrogens is 6. The van der Waals surface area contributed by atoms with Crippen LogP contribution in [0.2, 0.25) is 0 Å². The highest BCUT2D eigenvalue weighted by atomic mass is 16.6. The van der Waals surface area contributed by atoms with Crippen molar-refractivity contribution in [2.45, 2.75) is 13.5 Å². The molecule has 4 rings (SSSR count). The maximum Gasteiger partial charge on any atom is 0.404 e. The third-order valence-corrected chi connectivity index (χ3v) is 4.27. The molecule has 0 fully saturated rings. The number of amides is 1. The van der Waals surface area contributed by atoms with Crippen LogP contribution in [0.15, 0.2) is 47.9 Å². The summed E-state index contributed by atoms with van der Waals surface area (Å²) in [5.41, 5.74) is 3.94. The molecule has 0 saturated carbocycles. The Morgan fingerprint density at radius 2 is 2.20 bits per heavy atom. The Hall–Kier alpha value is -4.15. The van der Waals surface area contributed by atoms with Crippen LogP contribution in [0.5, 0.6) is 0 Å². The van der Waals surface area contributed by atoms with Crippen LogP contribution in [-0.2, 0) is 11.4 Å². The number of hydrogen-bond acceptors (Lipinski definition) is 8. The minimum Gasteiger partial charge on any atom is -0.465 e. The minimum absolute atomic E-state index is 0.107. The Morgan fingerprint density at radius 3 is 3.07 bits per heavy atom. The highest BCUT2D eigenvalue weighted by Gasteiger charge is 2.11. The Labute approximate surface area is 170 Å². The van der Waals surface area contributed by atoms with Gasteiger partial charge < -0.3 is 15.3 Å². The molecule has 0 saturated heterocycles. The molecule has 4 aromatic rings. The summed E-state index contributed by atoms with van der Waals surface area (Å²) < 4.78 is 1.67. The molecular formula is C19H18N8O3. The summed E-state index contributed by atoms with van der Waals surface area (Å²) in [5.74, 6) is 0. The molecule has 0 spiro atoms. The molecule has 0 aliphatic carbocycles. The first-order chi connectivity index (χ1) is 14.6. The zero-order valence-corrected chi connectivity index (χ0v) is 16.1.